The van der Waals surface area contributed by atoms with Crippen LogP contribution in [0.5, 0.6) is 0 Å². The van der Waals surface area contributed by atoms with Crippen LogP contribution in [0.25, 0.3) is 6.08 Å². The molecule has 0 amide bonds. The van der Waals surface area contributed by atoms with E-state index in [1.807, 2.05) is 30.3 Å². The molecule has 0 bridgehead atoms. The lowest BCUT2D eigenvalue weighted by Crippen LogP contribution is -2.14. The van der Waals surface area contributed by atoms with Crippen LogP contribution in [-0.4, -0.2) is 15.5 Å². The minimum absolute atomic E-state index is 0.862. The molecule has 0 aliphatic heterocycles. The molecule has 70 valence electrons. The van der Waals surface area contributed by atoms with Crippen molar-refractivity contribution in [3.05, 3.63) is 41.3 Å². The summed E-state index contributed by atoms with van der Waals surface area (Å²) in [6.45, 7) is 0. The number of hydrogen-bond donors (Lipinski definition) is 1. The van der Waals surface area contributed by atoms with Gasteiger partial charge in [0.2, 0.25) is 10.0 Å². The second-order valence-corrected chi connectivity index (χ2v) is 4.23. The molecule has 0 aliphatic carbocycles. The van der Waals surface area contributed by atoms with Crippen LogP contribution >= 0.6 is 0 Å². The normalized spacial score (nSPS) is 12.1. The molecule has 1 aromatic carbocycles. The Labute approximate surface area is 78.1 Å². The van der Waals surface area contributed by atoms with E-state index < -0.39 is 10.0 Å². The van der Waals surface area contributed by atoms with Gasteiger partial charge >= 0.3 is 0 Å². The van der Waals surface area contributed by atoms with Gasteiger partial charge in [-0.05, 0) is 18.7 Å². The fourth-order valence-electron chi connectivity index (χ4n) is 0.800. The molecule has 0 spiro atoms. The first-order valence-electron chi connectivity index (χ1n) is 3.81. The SMILES string of the molecule is CNS(=O)(=O)/C=C/c1ccccc1. The average molecular weight is 197 g/mol. The van der Waals surface area contributed by atoms with Crippen molar-refractivity contribution in [2.45, 2.75) is 0 Å². The third kappa shape index (κ3) is 3.40. The van der Waals surface area contributed by atoms with E-state index in [9.17, 15) is 8.42 Å². The molecular weight excluding hydrogens is 186 g/mol. The summed E-state index contributed by atoms with van der Waals surface area (Å²) in [7, 11) is -1.87. The van der Waals surface area contributed by atoms with Gasteiger partial charge in [0.1, 0.15) is 0 Å². The number of sulfonamides is 1. The zero-order valence-electron chi connectivity index (χ0n) is 7.27. The van der Waals surface area contributed by atoms with Crippen molar-refractivity contribution in [3.63, 3.8) is 0 Å². The lowest BCUT2D eigenvalue weighted by Gasteiger charge is -1.93. The summed E-state index contributed by atoms with van der Waals surface area (Å²) in [6, 6.07) is 9.25. The van der Waals surface area contributed by atoms with Crippen LogP contribution in [0.1, 0.15) is 5.56 Å². The van der Waals surface area contributed by atoms with Crippen molar-refractivity contribution in [1.82, 2.24) is 4.72 Å². The van der Waals surface area contributed by atoms with Gasteiger partial charge in [-0.2, -0.15) is 0 Å². The maximum atomic E-state index is 11.0. The monoisotopic (exact) mass is 197 g/mol. The van der Waals surface area contributed by atoms with E-state index in [1.165, 1.54) is 7.05 Å². The van der Waals surface area contributed by atoms with Crippen LogP contribution in [0.3, 0.4) is 0 Å². The molecular formula is C9H11NO2S. The summed E-state index contributed by atoms with van der Waals surface area (Å²) in [4.78, 5) is 0. The first kappa shape index (κ1) is 9.95. The number of benzene rings is 1. The Balaban J connectivity index is 2.82. The van der Waals surface area contributed by atoms with E-state index in [0.29, 0.717) is 0 Å². The molecule has 4 heteroatoms. The number of hydrogen-bond acceptors (Lipinski definition) is 2. The molecule has 0 heterocycles. The molecule has 0 fully saturated rings. The molecule has 0 aliphatic rings. The predicted molar refractivity (Wildman–Crippen MR) is 53.5 cm³/mol. The van der Waals surface area contributed by atoms with Gasteiger partial charge in [0.25, 0.3) is 0 Å². The van der Waals surface area contributed by atoms with E-state index in [4.69, 9.17) is 0 Å². The Hall–Kier alpha value is -1.13. The standard InChI is InChI=1S/C9H11NO2S/c1-10-13(11,12)8-7-9-5-3-2-4-6-9/h2-8,10H,1H3/b8-7+. The van der Waals surface area contributed by atoms with Gasteiger partial charge in [0.15, 0.2) is 0 Å². The highest BCUT2D eigenvalue weighted by Crippen LogP contribution is 2.01. The van der Waals surface area contributed by atoms with Crippen molar-refractivity contribution in [3.8, 4) is 0 Å². The zero-order valence-corrected chi connectivity index (χ0v) is 8.08. The smallest absolute Gasteiger partial charge is 0.215 e. The first-order chi connectivity index (χ1) is 6.14. The predicted octanol–water partition coefficient (Wildman–Crippen LogP) is 1.21. The van der Waals surface area contributed by atoms with E-state index in [2.05, 4.69) is 4.72 Å². The maximum Gasteiger partial charge on any atom is 0.233 e. The van der Waals surface area contributed by atoms with Crippen LogP contribution < -0.4 is 4.72 Å². The number of nitrogens with one attached hydrogen (secondary N) is 1. The van der Waals surface area contributed by atoms with Gasteiger partial charge in [0, 0.05) is 5.41 Å². The summed E-state index contributed by atoms with van der Waals surface area (Å²) in [5.41, 5.74) is 0.862. The summed E-state index contributed by atoms with van der Waals surface area (Å²) < 4.78 is 24.1. The van der Waals surface area contributed by atoms with Crippen molar-refractivity contribution < 1.29 is 8.42 Å². The second-order valence-electron chi connectivity index (χ2n) is 2.46. The lowest BCUT2D eigenvalue weighted by atomic mass is 10.2. The Morgan fingerprint density at radius 1 is 1.23 bits per heavy atom. The molecule has 13 heavy (non-hydrogen) atoms. The van der Waals surface area contributed by atoms with Gasteiger partial charge < -0.3 is 0 Å². The van der Waals surface area contributed by atoms with Gasteiger partial charge in [0.05, 0.1) is 0 Å². The molecule has 1 rings (SSSR count). The van der Waals surface area contributed by atoms with Crippen LogP contribution in [-0.2, 0) is 10.0 Å². The van der Waals surface area contributed by atoms with Crippen molar-refractivity contribution in [2.75, 3.05) is 7.05 Å². The highest BCUT2D eigenvalue weighted by atomic mass is 32.2. The first-order valence-corrected chi connectivity index (χ1v) is 5.35. The number of rotatable bonds is 3. The molecule has 3 nitrogen and oxygen atoms in total. The zero-order chi connectivity index (χ0) is 9.73. The van der Waals surface area contributed by atoms with Crippen LogP contribution in [0.15, 0.2) is 35.7 Å². The topological polar surface area (TPSA) is 46.2 Å². The van der Waals surface area contributed by atoms with Gasteiger partial charge in [-0.1, -0.05) is 30.3 Å². The summed E-state index contributed by atoms with van der Waals surface area (Å²) in [5.74, 6) is 0. The minimum Gasteiger partial charge on any atom is -0.215 e. The average Bonchev–Trinajstić information content (AvgIpc) is 2.17. The maximum absolute atomic E-state index is 11.0. The van der Waals surface area contributed by atoms with Gasteiger partial charge in [-0.3, -0.25) is 0 Å². The second kappa shape index (κ2) is 4.20. The summed E-state index contributed by atoms with van der Waals surface area (Å²) in [5, 5.41) is 1.14. The third-order valence-electron chi connectivity index (χ3n) is 1.52. The van der Waals surface area contributed by atoms with E-state index in [0.717, 1.165) is 11.0 Å². The van der Waals surface area contributed by atoms with Crippen molar-refractivity contribution in [2.24, 2.45) is 0 Å². The molecule has 0 aromatic heterocycles. The molecule has 0 atom stereocenters. The Kier molecular flexibility index (Phi) is 3.22. The molecule has 1 N–H and O–H groups in total. The lowest BCUT2D eigenvalue weighted by molar-refractivity contribution is 0.597. The fourth-order valence-corrected chi connectivity index (χ4v) is 1.27. The van der Waals surface area contributed by atoms with Gasteiger partial charge in [-0.15, -0.1) is 0 Å². The summed E-state index contributed by atoms with van der Waals surface area (Å²) >= 11 is 0. The van der Waals surface area contributed by atoms with Crippen LogP contribution in [0.2, 0.25) is 0 Å². The van der Waals surface area contributed by atoms with Crippen LogP contribution in [0, 0.1) is 0 Å². The van der Waals surface area contributed by atoms with Crippen molar-refractivity contribution >= 4 is 16.1 Å². The van der Waals surface area contributed by atoms with E-state index in [1.54, 1.807) is 6.08 Å². The Bertz CT molecular complexity index is 381. The van der Waals surface area contributed by atoms with Crippen LogP contribution in [0.4, 0.5) is 0 Å². The molecule has 1 aromatic rings. The van der Waals surface area contributed by atoms with Gasteiger partial charge in [-0.25, -0.2) is 13.1 Å². The largest absolute Gasteiger partial charge is 0.233 e. The molecule has 0 unspecified atom stereocenters. The Morgan fingerprint density at radius 3 is 2.38 bits per heavy atom. The molecule has 0 saturated heterocycles. The third-order valence-corrected chi connectivity index (χ3v) is 2.59. The Morgan fingerprint density at radius 2 is 1.85 bits per heavy atom. The molecule has 0 radical (unpaired) electrons. The fraction of sp³-hybridized carbons (Fsp3) is 0.111. The van der Waals surface area contributed by atoms with E-state index in [-0.39, 0.29) is 0 Å². The highest BCUT2D eigenvalue weighted by molar-refractivity contribution is 7.92. The van der Waals surface area contributed by atoms with E-state index >= 15 is 0 Å². The molecule has 0 saturated carbocycles. The minimum atomic E-state index is -3.25. The van der Waals surface area contributed by atoms with Crippen molar-refractivity contribution in [1.29, 1.82) is 0 Å². The summed E-state index contributed by atoms with van der Waals surface area (Å²) in [6.07, 6.45) is 1.55. The quantitative estimate of drug-likeness (QED) is 0.791. The highest BCUT2D eigenvalue weighted by Gasteiger charge is 1.97.